The third-order valence-corrected chi connectivity index (χ3v) is 4.71. The summed E-state index contributed by atoms with van der Waals surface area (Å²) in [5.74, 6) is 1.73. The smallest absolute Gasteiger partial charge is 0.0117 e. The first kappa shape index (κ1) is 17.0. The summed E-state index contributed by atoms with van der Waals surface area (Å²) >= 11 is 0. The average molecular weight is 268 g/mol. The summed E-state index contributed by atoms with van der Waals surface area (Å²) in [5.41, 5.74) is 0. The summed E-state index contributed by atoms with van der Waals surface area (Å²) in [6.07, 6.45) is 8.11. The first-order chi connectivity index (χ1) is 9.21. The molecule has 3 atom stereocenters. The fourth-order valence-electron chi connectivity index (χ4n) is 3.31. The van der Waals surface area contributed by atoms with Crippen LogP contribution in [0.25, 0.3) is 0 Å². The Bertz CT molecular complexity index is 217. The van der Waals surface area contributed by atoms with Crippen molar-refractivity contribution in [2.45, 2.75) is 72.3 Å². The van der Waals surface area contributed by atoms with Gasteiger partial charge in [-0.2, -0.15) is 0 Å². The molecule has 1 saturated heterocycles. The lowest BCUT2D eigenvalue weighted by molar-refractivity contribution is 0.125. The molecule has 0 bridgehead atoms. The van der Waals surface area contributed by atoms with E-state index < -0.39 is 0 Å². The summed E-state index contributed by atoms with van der Waals surface area (Å²) in [4.78, 5) is 2.72. The zero-order chi connectivity index (χ0) is 14.1. The zero-order valence-electron chi connectivity index (χ0n) is 13.8. The Kier molecular flexibility index (Phi) is 8.72. The number of piperidine rings is 1. The molecule has 1 rings (SSSR count). The van der Waals surface area contributed by atoms with Crippen LogP contribution in [0, 0.1) is 11.8 Å². The molecule has 0 saturated carbocycles. The number of nitrogens with one attached hydrogen (secondary N) is 1. The van der Waals surface area contributed by atoms with Gasteiger partial charge in [0.2, 0.25) is 0 Å². The minimum atomic E-state index is 0.756. The molecule has 0 spiro atoms. The van der Waals surface area contributed by atoms with Crippen LogP contribution in [0.1, 0.15) is 66.2 Å². The molecule has 1 aliphatic heterocycles. The normalized spacial score (nSPS) is 26.5. The molecule has 3 unspecified atom stereocenters. The highest BCUT2D eigenvalue weighted by Crippen LogP contribution is 2.21. The van der Waals surface area contributed by atoms with Crippen LogP contribution in [0.4, 0.5) is 0 Å². The number of rotatable bonds is 9. The van der Waals surface area contributed by atoms with E-state index in [1.807, 2.05) is 0 Å². The number of hydrogen-bond acceptors (Lipinski definition) is 2. The molecule has 0 amide bonds. The van der Waals surface area contributed by atoms with Crippen LogP contribution >= 0.6 is 0 Å². The molecule has 0 radical (unpaired) electrons. The third kappa shape index (κ3) is 6.27. The standard InChI is InChI=1S/C17H36N2/c1-5-8-9-16(7-3)14-19-12-10-17(15(4)13-19)18-11-6-2/h15-18H,5-14H2,1-4H3. The van der Waals surface area contributed by atoms with Gasteiger partial charge in [-0.1, -0.05) is 47.0 Å². The van der Waals surface area contributed by atoms with Crippen molar-refractivity contribution in [2.75, 3.05) is 26.2 Å². The predicted molar refractivity (Wildman–Crippen MR) is 85.6 cm³/mol. The fraction of sp³-hybridized carbons (Fsp3) is 1.00. The molecule has 1 N–H and O–H groups in total. The summed E-state index contributed by atoms with van der Waals surface area (Å²) < 4.78 is 0. The van der Waals surface area contributed by atoms with Gasteiger partial charge in [-0.05, 0) is 44.2 Å². The lowest BCUT2D eigenvalue weighted by atomic mass is 9.91. The molecule has 0 aromatic carbocycles. The topological polar surface area (TPSA) is 15.3 Å². The van der Waals surface area contributed by atoms with Crippen LogP contribution in [-0.4, -0.2) is 37.1 Å². The van der Waals surface area contributed by atoms with Crippen molar-refractivity contribution in [3.05, 3.63) is 0 Å². The Morgan fingerprint density at radius 2 is 2.00 bits per heavy atom. The Morgan fingerprint density at radius 3 is 2.58 bits per heavy atom. The van der Waals surface area contributed by atoms with Crippen LogP contribution in [-0.2, 0) is 0 Å². The molecule has 19 heavy (non-hydrogen) atoms. The van der Waals surface area contributed by atoms with E-state index in [2.05, 4.69) is 37.9 Å². The first-order valence-electron chi connectivity index (χ1n) is 8.66. The van der Waals surface area contributed by atoms with Gasteiger partial charge >= 0.3 is 0 Å². The first-order valence-corrected chi connectivity index (χ1v) is 8.66. The van der Waals surface area contributed by atoms with Crippen molar-refractivity contribution < 1.29 is 0 Å². The number of likely N-dealkylation sites (tertiary alicyclic amines) is 1. The monoisotopic (exact) mass is 268 g/mol. The molecule has 114 valence electrons. The van der Waals surface area contributed by atoms with Gasteiger partial charge in [0.05, 0.1) is 0 Å². The Labute approximate surface area is 121 Å². The molecule has 0 aromatic heterocycles. The van der Waals surface area contributed by atoms with Crippen LogP contribution in [0.15, 0.2) is 0 Å². The summed E-state index contributed by atoms with van der Waals surface area (Å²) in [6, 6.07) is 0.756. The van der Waals surface area contributed by atoms with E-state index in [-0.39, 0.29) is 0 Å². The second-order valence-electron chi connectivity index (χ2n) is 6.50. The molecule has 2 nitrogen and oxygen atoms in total. The highest BCUT2D eigenvalue weighted by Gasteiger charge is 2.26. The second kappa shape index (κ2) is 9.77. The molecular formula is C17H36N2. The van der Waals surface area contributed by atoms with E-state index in [4.69, 9.17) is 0 Å². The van der Waals surface area contributed by atoms with Gasteiger partial charge in [0.15, 0.2) is 0 Å². The van der Waals surface area contributed by atoms with Crippen molar-refractivity contribution in [2.24, 2.45) is 11.8 Å². The lowest BCUT2D eigenvalue weighted by Crippen LogP contribution is -2.49. The van der Waals surface area contributed by atoms with E-state index >= 15 is 0 Å². The zero-order valence-corrected chi connectivity index (χ0v) is 13.8. The van der Waals surface area contributed by atoms with Gasteiger partial charge in [0.25, 0.3) is 0 Å². The molecule has 1 heterocycles. The van der Waals surface area contributed by atoms with Crippen LogP contribution in [0.3, 0.4) is 0 Å². The number of hydrogen-bond donors (Lipinski definition) is 1. The molecule has 1 fully saturated rings. The number of nitrogens with zero attached hydrogens (tertiary/aromatic N) is 1. The second-order valence-corrected chi connectivity index (χ2v) is 6.50. The quantitative estimate of drug-likeness (QED) is 0.682. The predicted octanol–water partition coefficient (Wildman–Crippen LogP) is 3.91. The average Bonchev–Trinajstić information content (AvgIpc) is 2.42. The van der Waals surface area contributed by atoms with Crippen molar-refractivity contribution in [1.82, 2.24) is 10.2 Å². The van der Waals surface area contributed by atoms with Crippen LogP contribution in [0.5, 0.6) is 0 Å². The Hall–Kier alpha value is -0.0800. The highest BCUT2D eigenvalue weighted by molar-refractivity contribution is 4.83. The van der Waals surface area contributed by atoms with Crippen molar-refractivity contribution >= 4 is 0 Å². The van der Waals surface area contributed by atoms with E-state index in [0.717, 1.165) is 17.9 Å². The van der Waals surface area contributed by atoms with Gasteiger partial charge in [-0.15, -0.1) is 0 Å². The maximum atomic E-state index is 3.72. The minimum absolute atomic E-state index is 0.756. The van der Waals surface area contributed by atoms with Gasteiger partial charge in [0.1, 0.15) is 0 Å². The third-order valence-electron chi connectivity index (χ3n) is 4.71. The summed E-state index contributed by atoms with van der Waals surface area (Å²) in [7, 11) is 0. The number of unbranched alkanes of at least 4 members (excludes halogenated alkanes) is 1. The molecule has 1 aliphatic rings. The summed E-state index contributed by atoms with van der Waals surface area (Å²) in [6.45, 7) is 14.5. The van der Waals surface area contributed by atoms with E-state index in [9.17, 15) is 0 Å². The van der Waals surface area contributed by atoms with Gasteiger partial charge in [-0.25, -0.2) is 0 Å². The maximum Gasteiger partial charge on any atom is 0.0117 e. The largest absolute Gasteiger partial charge is 0.314 e. The summed E-state index contributed by atoms with van der Waals surface area (Å²) in [5, 5.41) is 3.72. The molecular weight excluding hydrogens is 232 g/mol. The van der Waals surface area contributed by atoms with Crippen molar-refractivity contribution in [3.63, 3.8) is 0 Å². The SMILES string of the molecule is CCCCC(CC)CN1CCC(NCCC)C(C)C1. The van der Waals surface area contributed by atoms with Crippen LogP contribution < -0.4 is 5.32 Å². The van der Waals surface area contributed by atoms with Gasteiger partial charge < -0.3 is 10.2 Å². The fourth-order valence-corrected chi connectivity index (χ4v) is 3.31. The van der Waals surface area contributed by atoms with E-state index in [1.165, 1.54) is 64.7 Å². The Balaban J connectivity index is 2.29. The maximum absolute atomic E-state index is 3.72. The van der Waals surface area contributed by atoms with Gasteiger partial charge in [0, 0.05) is 19.1 Å². The molecule has 0 aliphatic carbocycles. The molecule has 2 heteroatoms. The van der Waals surface area contributed by atoms with Crippen molar-refractivity contribution in [3.8, 4) is 0 Å². The van der Waals surface area contributed by atoms with E-state index in [1.54, 1.807) is 0 Å². The van der Waals surface area contributed by atoms with Gasteiger partial charge in [-0.3, -0.25) is 0 Å². The lowest BCUT2D eigenvalue weighted by Gasteiger charge is -2.39. The minimum Gasteiger partial charge on any atom is -0.314 e. The Morgan fingerprint density at radius 1 is 1.21 bits per heavy atom. The molecule has 0 aromatic rings. The van der Waals surface area contributed by atoms with Crippen molar-refractivity contribution in [1.29, 1.82) is 0 Å². The van der Waals surface area contributed by atoms with E-state index in [0.29, 0.717) is 0 Å². The van der Waals surface area contributed by atoms with Crippen LogP contribution in [0.2, 0.25) is 0 Å². The highest BCUT2D eigenvalue weighted by atomic mass is 15.1.